The number of halogens is 3. The third-order valence-electron chi connectivity index (χ3n) is 4.52. The predicted octanol–water partition coefficient (Wildman–Crippen LogP) is 7.03. The van der Waals surface area contributed by atoms with Crippen molar-refractivity contribution in [2.24, 2.45) is 0 Å². The molecule has 4 aromatic rings. The number of aryl methyl sites for hydroxylation is 1. The highest BCUT2D eigenvalue weighted by atomic mass is 32.1. The van der Waals surface area contributed by atoms with Crippen molar-refractivity contribution in [2.75, 3.05) is 11.9 Å². The molecule has 0 saturated heterocycles. The quantitative estimate of drug-likeness (QED) is 0.374. The third-order valence-corrected chi connectivity index (χ3v) is 5.90. The number of hydrogen-bond acceptors (Lipinski definition) is 3. The summed E-state index contributed by atoms with van der Waals surface area (Å²) in [6.07, 6.45) is -4.69. The molecule has 0 atom stereocenters. The van der Waals surface area contributed by atoms with Gasteiger partial charge in [0, 0.05) is 28.2 Å². The first kappa shape index (κ1) is 17.7. The van der Waals surface area contributed by atoms with Crippen molar-refractivity contribution in [3.8, 4) is 5.75 Å². The van der Waals surface area contributed by atoms with Crippen LogP contribution in [0.4, 0.5) is 24.5 Å². The predicted molar refractivity (Wildman–Crippen MR) is 105 cm³/mol. The van der Waals surface area contributed by atoms with Gasteiger partial charge in [-0.2, -0.15) is 0 Å². The Morgan fingerprint density at radius 3 is 2.15 bits per heavy atom. The molecule has 0 N–H and O–H groups in total. The van der Waals surface area contributed by atoms with E-state index in [-0.39, 0.29) is 5.75 Å². The summed E-state index contributed by atoms with van der Waals surface area (Å²) in [6, 6.07) is 18.3. The van der Waals surface area contributed by atoms with Crippen molar-refractivity contribution in [1.82, 2.24) is 0 Å². The van der Waals surface area contributed by atoms with E-state index in [0.29, 0.717) is 0 Å². The Labute approximate surface area is 158 Å². The van der Waals surface area contributed by atoms with Crippen molar-refractivity contribution in [3.63, 3.8) is 0 Å². The van der Waals surface area contributed by atoms with Gasteiger partial charge in [-0.1, -0.05) is 30.3 Å². The van der Waals surface area contributed by atoms with Crippen molar-refractivity contribution in [2.45, 2.75) is 13.3 Å². The first-order chi connectivity index (χ1) is 12.8. The Kier molecular flexibility index (Phi) is 4.23. The molecule has 0 saturated carbocycles. The maximum atomic E-state index is 12.3. The van der Waals surface area contributed by atoms with Gasteiger partial charge in [-0.15, -0.1) is 24.5 Å². The zero-order valence-corrected chi connectivity index (χ0v) is 15.5. The van der Waals surface area contributed by atoms with Gasteiger partial charge < -0.3 is 9.64 Å². The fraction of sp³-hybridized carbons (Fsp3) is 0.143. The van der Waals surface area contributed by atoms with Gasteiger partial charge in [0.2, 0.25) is 0 Å². The number of ether oxygens (including phenoxy) is 1. The van der Waals surface area contributed by atoms with Crippen LogP contribution in [0.1, 0.15) is 5.56 Å². The molecule has 1 aromatic heterocycles. The summed E-state index contributed by atoms with van der Waals surface area (Å²) < 4.78 is 43.4. The number of benzene rings is 3. The Hall–Kier alpha value is -2.73. The minimum Gasteiger partial charge on any atom is -0.406 e. The fourth-order valence-corrected chi connectivity index (χ4v) is 4.54. The van der Waals surface area contributed by atoms with Crippen molar-refractivity contribution in [1.29, 1.82) is 0 Å². The molecule has 0 radical (unpaired) electrons. The van der Waals surface area contributed by atoms with Crippen LogP contribution in [0.25, 0.3) is 20.2 Å². The molecule has 0 aliphatic rings. The summed E-state index contributed by atoms with van der Waals surface area (Å²) in [5.74, 6) is -0.227. The zero-order chi connectivity index (χ0) is 19.2. The topological polar surface area (TPSA) is 12.5 Å². The van der Waals surface area contributed by atoms with E-state index in [1.807, 2.05) is 24.1 Å². The van der Waals surface area contributed by atoms with Crippen LogP contribution in [0.3, 0.4) is 0 Å². The minimum absolute atomic E-state index is 0.227. The second-order valence-corrected chi connectivity index (χ2v) is 7.33. The number of fused-ring (bicyclic) bond motifs is 3. The van der Waals surface area contributed by atoms with Crippen LogP contribution in [-0.2, 0) is 0 Å². The monoisotopic (exact) mass is 387 g/mol. The summed E-state index contributed by atoms with van der Waals surface area (Å²) in [5, 5.41) is 2.40. The molecule has 0 spiro atoms. The smallest absolute Gasteiger partial charge is 0.406 e. The van der Waals surface area contributed by atoms with E-state index in [2.05, 4.69) is 35.9 Å². The van der Waals surface area contributed by atoms with Crippen LogP contribution in [0, 0.1) is 6.92 Å². The molecule has 6 heteroatoms. The van der Waals surface area contributed by atoms with Gasteiger partial charge in [-0.25, -0.2) is 0 Å². The van der Waals surface area contributed by atoms with E-state index in [4.69, 9.17) is 0 Å². The van der Waals surface area contributed by atoms with Crippen LogP contribution in [-0.4, -0.2) is 13.4 Å². The van der Waals surface area contributed by atoms with E-state index in [1.165, 1.54) is 33.2 Å². The third kappa shape index (κ3) is 3.32. The normalized spacial score (nSPS) is 11.9. The van der Waals surface area contributed by atoms with E-state index >= 15 is 0 Å². The number of hydrogen-bond donors (Lipinski definition) is 0. The number of thiophene rings is 1. The molecule has 2 nitrogen and oxygen atoms in total. The first-order valence-corrected chi connectivity index (χ1v) is 9.15. The highest BCUT2D eigenvalue weighted by Crippen LogP contribution is 2.42. The van der Waals surface area contributed by atoms with E-state index in [1.54, 1.807) is 23.5 Å². The van der Waals surface area contributed by atoms with Crippen LogP contribution < -0.4 is 9.64 Å². The molecule has 0 fully saturated rings. The van der Waals surface area contributed by atoms with E-state index in [0.717, 1.165) is 16.1 Å². The SMILES string of the molecule is Cc1cccc2c1sc1c(N(C)c3ccc(OC(F)(F)F)cc3)cccc12. The number of nitrogens with zero attached hydrogens (tertiary/aromatic N) is 1. The van der Waals surface area contributed by atoms with Crippen LogP contribution >= 0.6 is 11.3 Å². The lowest BCUT2D eigenvalue weighted by molar-refractivity contribution is -0.274. The lowest BCUT2D eigenvalue weighted by Gasteiger charge is -2.20. The molecular formula is C21H16F3NOS. The summed E-state index contributed by atoms with van der Waals surface area (Å²) in [5.41, 5.74) is 3.03. The average molecular weight is 387 g/mol. The standard InChI is InChI=1S/C21H16F3NOS/c1-13-5-3-6-16-17-7-4-8-18(20(17)27-19(13)16)25(2)14-9-11-15(12-10-14)26-21(22,23)24/h3-12H,1-2H3. The summed E-state index contributed by atoms with van der Waals surface area (Å²) >= 11 is 1.73. The van der Waals surface area contributed by atoms with Gasteiger partial charge in [0.25, 0.3) is 0 Å². The first-order valence-electron chi connectivity index (χ1n) is 8.34. The molecule has 4 rings (SSSR count). The Morgan fingerprint density at radius 2 is 1.48 bits per heavy atom. The maximum absolute atomic E-state index is 12.3. The molecule has 3 aromatic carbocycles. The second kappa shape index (κ2) is 6.46. The van der Waals surface area contributed by atoms with Gasteiger partial charge in [-0.3, -0.25) is 0 Å². The van der Waals surface area contributed by atoms with Crippen molar-refractivity contribution in [3.05, 3.63) is 66.2 Å². The fourth-order valence-electron chi connectivity index (χ4n) is 3.22. The Balaban J connectivity index is 1.75. The molecule has 1 heterocycles. The molecule has 0 aliphatic carbocycles. The molecule has 0 aliphatic heterocycles. The average Bonchev–Trinajstić information content (AvgIpc) is 3.01. The van der Waals surface area contributed by atoms with Crippen LogP contribution in [0.15, 0.2) is 60.7 Å². The minimum atomic E-state index is -4.69. The highest BCUT2D eigenvalue weighted by molar-refractivity contribution is 7.26. The van der Waals surface area contributed by atoms with Crippen LogP contribution in [0.2, 0.25) is 0 Å². The van der Waals surface area contributed by atoms with Crippen LogP contribution in [0.5, 0.6) is 5.75 Å². The molecule has 0 bridgehead atoms. The highest BCUT2D eigenvalue weighted by Gasteiger charge is 2.31. The summed E-state index contributed by atoms with van der Waals surface area (Å²) in [4.78, 5) is 1.98. The van der Waals surface area contributed by atoms with E-state index < -0.39 is 6.36 Å². The number of anilines is 2. The van der Waals surface area contributed by atoms with Gasteiger partial charge in [-0.05, 0) is 42.8 Å². The van der Waals surface area contributed by atoms with Gasteiger partial charge in [0.15, 0.2) is 0 Å². The largest absolute Gasteiger partial charge is 0.573 e. The molecule has 0 unspecified atom stereocenters. The molecule has 138 valence electrons. The van der Waals surface area contributed by atoms with Crippen molar-refractivity contribution < 1.29 is 17.9 Å². The molecular weight excluding hydrogens is 371 g/mol. The maximum Gasteiger partial charge on any atom is 0.573 e. The Bertz CT molecular complexity index is 1120. The number of rotatable bonds is 3. The lowest BCUT2D eigenvalue weighted by Crippen LogP contribution is -2.17. The Morgan fingerprint density at radius 1 is 0.852 bits per heavy atom. The number of alkyl halides is 3. The molecule has 27 heavy (non-hydrogen) atoms. The summed E-state index contributed by atoms with van der Waals surface area (Å²) in [6.45, 7) is 2.10. The molecule has 0 amide bonds. The van der Waals surface area contributed by atoms with Gasteiger partial charge in [0.05, 0.1) is 10.4 Å². The summed E-state index contributed by atoms with van der Waals surface area (Å²) in [7, 11) is 1.91. The van der Waals surface area contributed by atoms with Gasteiger partial charge >= 0.3 is 6.36 Å². The van der Waals surface area contributed by atoms with E-state index in [9.17, 15) is 13.2 Å². The zero-order valence-electron chi connectivity index (χ0n) is 14.7. The lowest BCUT2D eigenvalue weighted by atomic mass is 10.1. The van der Waals surface area contributed by atoms with Gasteiger partial charge in [0.1, 0.15) is 5.75 Å². The second-order valence-electron chi connectivity index (χ2n) is 6.31. The van der Waals surface area contributed by atoms with Crippen molar-refractivity contribution >= 4 is 42.9 Å².